The molecule has 0 aliphatic heterocycles. The van der Waals surface area contributed by atoms with Crippen LogP contribution in [0.5, 0.6) is 0 Å². The Morgan fingerprint density at radius 3 is 2.29 bits per heavy atom. The number of hydrogen-bond acceptors (Lipinski definition) is 3. The van der Waals surface area contributed by atoms with Gasteiger partial charge in [-0.1, -0.05) is 36.4 Å². The Bertz CT molecular complexity index is 675. The van der Waals surface area contributed by atoms with Gasteiger partial charge in [-0.2, -0.15) is 0 Å². The van der Waals surface area contributed by atoms with E-state index in [1.54, 1.807) is 0 Å². The maximum atomic E-state index is 11.9. The summed E-state index contributed by atoms with van der Waals surface area (Å²) in [6.07, 6.45) is 0.893. The first-order chi connectivity index (χ1) is 11.5. The Morgan fingerprint density at radius 1 is 0.958 bits per heavy atom. The molecule has 0 aliphatic rings. The quantitative estimate of drug-likeness (QED) is 0.788. The third-order valence-electron chi connectivity index (χ3n) is 3.56. The van der Waals surface area contributed by atoms with E-state index in [1.807, 2.05) is 62.4 Å². The van der Waals surface area contributed by atoms with E-state index in [1.165, 1.54) is 0 Å². The second kappa shape index (κ2) is 8.87. The number of ether oxygens (including phenoxy) is 1. The van der Waals surface area contributed by atoms with E-state index in [9.17, 15) is 9.59 Å². The first kappa shape index (κ1) is 17.7. The molecule has 2 aromatic rings. The van der Waals surface area contributed by atoms with Crippen LogP contribution >= 0.6 is 0 Å². The highest BCUT2D eigenvalue weighted by atomic mass is 16.5. The molecule has 0 heterocycles. The molecular weight excluding hydrogens is 302 g/mol. The second-order valence-electron chi connectivity index (χ2n) is 5.88. The van der Waals surface area contributed by atoms with Gasteiger partial charge in [-0.3, -0.25) is 9.59 Å². The van der Waals surface area contributed by atoms with Crippen molar-refractivity contribution in [3.8, 4) is 0 Å². The van der Waals surface area contributed by atoms with Gasteiger partial charge < -0.3 is 10.1 Å². The van der Waals surface area contributed by atoms with Crippen molar-refractivity contribution in [3.63, 3.8) is 0 Å². The van der Waals surface area contributed by atoms with Gasteiger partial charge in [0.05, 0.1) is 13.0 Å². The average Bonchev–Trinajstić information content (AvgIpc) is 2.53. The van der Waals surface area contributed by atoms with Gasteiger partial charge in [0, 0.05) is 18.5 Å². The summed E-state index contributed by atoms with van der Waals surface area (Å²) in [4.78, 5) is 23.6. The fourth-order valence-electron chi connectivity index (χ4n) is 2.49. The van der Waals surface area contributed by atoms with Gasteiger partial charge in [0.2, 0.25) is 5.91 Å². The van der Waals surface area contributed by atoms with E-state index in [-0.39, 0.29) is 24.7 Å². The van der Waals surface area contributed by atoms with Gasteiger partial charge in [0.25, 0.3) is 0 Å². The minimum Gasteiger partial charge on any atom is -0.465 e. The highest BCUT2D eigenvalue weighted by Crippen LogP contribution is 2.14. The van der Waals surface area contributed by atoms with E-state index in [2.05, 4.69) is 5.32 Å². The number of benzene rings is 2. The summed E-state index contributed by atoms with van der Waals surface area (Å²) in [7, 11) is 0. The summed E-state index contributed by atoms with van der Waals surface area (Å²) in [6, 6.07) is 15.7. The lowest BCUT2D eigenvalue weighted by Gasteiger charge is -2.08. The molecule has 0 atom stereocenters. The number of aryl methyl sites for hydroxylation is 2. The Morgan fingerprint density at radius 2 is 1.62 bits per heavy atom. The molecule has 0 radical (unpaired) electrons. The first-order valence-corrected chi connectivity index (χ1v) is 8.10. The zero-order valence-corrected chi connectivity index (χ0v) is 14.2. The third kappa shape index (κ3) is 6.24. The van der Waals surface area contributed by atoms with E-state index in [0.29, 0.717) is 13.0 Å². The van der Waals surface area contributed by atoms with Gasteiger partial charge >= 0.3 is 5.97 Å². The molecule has 0 fully saturated rings. The van der Waals surface area contributed by atoms with Gasteiger partial charge in [-0.25, -0.2) is 0 Å². The highest BCUT2D eigenvalue weighted by Gasteiger charge is 2.09. The number of amides is 1. The lowest BCUT2D eigenvalue weighted by atomic mass is 10.1. The smallest absolute Gasteiger partial charge is 0.306 e. The molecule has 0 saturated heterocycles. The predicted molar refractivity (Wildman–Crippen MR) is 94.9 cm³/mol. The molecule has 2 rings (SSSR count). The van der Waals surface area contributed by atoms with Crippen molar-refractivity contribution < 1.29 is 14.3 Å². The number of nitrogens with one attached hydrogen (secondary N) is 1. The van der Waals surface area contributed by atoms with Crippen molar-refractivity contribution in [1.82, 2.24) is 0 Å². The number of rotatable bonds is 7. The van der Waals surface area contributed by atoms with Crippen LogP contribution in [0.4, 0.5) is 5.69 Å². The van der Waals surface area contributed by atoms with Crippen LogP contribution in [-0.4, -0.2) is 18.5 Å². The normalized spacial score (nSPS) is 10.2. The van der Waals surface area contributed by atoms with Crippen LogP contribution < -0.4 is 5.32 Å². The lowest BCUT2D eigenvalue weighted by molar-refractivity contribution is -0.144. The first-order valence-electron chi connectivity index (χ1n) is 8.10. The molecule has 0 spiro atoms. The molecule has 0 unspecified atom stereocenters. The summed E-state index contributed by atoms with van der Waals surface area (Å²) in [5, 5.41) is 2.81. The number of carbonyl (C=O) groups is 2. The van der Waals surface area contributed by atoms with Crippen LogP contribution in [0.3, 0.4) is 0 Å². The predicted octanol–water partition coefficient (Wildman–Crippen LogP) is 3.81. The maximum absolute atomic E-state index is 11.9. The molecule has 4 nitrogen and oxygen atoms in total. The molecule has 0 saturated carbocycles. The van der Waals surface area contributed by atoms with Crippen molar-refractivity contribution in [2.75, 3.05) is 11.9 Å². The fraction of sp³-hybridized carbons (Fsp3) is 0.300. The maximum Gasteiger partial charge on any atom is 0.306 e. The Labute approximate surface area is 142 Å². The van der Waals surface area contributed by atoms with Crippen molar-refractivity contribution in [3.05, 3.63) is 65.2 Å². The molecule has 126 valence electrons. The Kier molecular flexibility index (Phi) is 6.55. The minimum atomic E-state index is -0.346. The second-order valence-corrected chi connectivity index (χ2v) is 5.88. The molecule has 0 aliphatic carbocycles. The van der Waals surface area contributed by atoms with Gasteiger partial charge in [-0.15, -0.1) is 0 Å². The van der Waals surface area contributed by atoms with Crippen LogP contribution in [0.2, 0.25) is 0 Å². The van der Waals surface area contributed by atoms with E-state index in [0.717, 1.165) is 22.4 Å². The fourth-order valence-corrected chi connectivity index (χ4v) is 2.49. The molecule has 0 aromatic heterocycles. The number of esters is 1. The number of anilines is 1. The molecule has 1 N–H and O–H groups in total. The minimum absolute atomic E-state index is 0.0887. The van der Waals surface area contributed by atoms with E-state index in [4.69, 9.17) is 4.74 Å². The Hall–Kier alpha value is -2.62. The summed E-state index contributed by atoms with van der Waals surface area (Å²) < 4.78 is 5.17. The van der Waals surface area contributed by atoms with E-state index >= 15 is 0 Å². The molecule has 0 bridgehead atoms. The molecular formula is C20H23NO3. The van der Waals surface area contributed by atoms with Gasteiger partial charge in [0.1, 0.15) is 0 Å². The number of carbonyl (C=O) groups excluding carboxylic acids is 2. The molecule has 2 aromatic carbocycles. The summed E-state index contributed by atoms with van der Waals surface area (Å²) >= 11 is 0. The lowest BCUT2D eigenvalue weighted by Crippen LogP contribution is -2.15. The molecule has 24 heavy (non-hydrogen) atoms. The molecule has 1 amide bonds. The van der Waals surface area contributed by atoms with Crippen molar-refractivity contribution >= 4 is 17.6 Å². The number of hydrogen-bond donors (Lipinski definition) is 1. The monoisotopic (exact) mass is 325 g/mol. The van der Waals surface area contributed by atoms with Crippen LogP contribution in [0, 0.1) is 13.8 Å². The van der Waals surface area contributed by atoms with Crippen molar-refractivity contribution in [1.29, 1.82) is 0 Å². The van der Waals surface area contributed by atoms with Gasteiger partial charge in [0.15, 0.2) is 0 Å². The van der Waals surface area contributed by atoms with Gasteiger partial charge in [-0.05, 0) is 42.7 Å². The highest BCUT2D eigenvalue weighted by molar-refractivity contribution is 5.92. The van der Waals surface area contributed by atoms with Crippen LogP contribution in [0.1, 0.15) is 29.5 Å². The zero-order chi connectivity index (χ0) is 17.4. The third-order valence-corrected chi connectivity index (χ3v) is 3.56. The largest absolute Gasteiger partial charge is 0.465 e. The Balaban J connectivity index is 1.68. The standard InChI is InChI=1S/C20H23NO3/c1-15-12-16(2)14-18(13-15)21-19(22)8-9-20(23)24-11-10-17-6-4-3-5-7-17/h3-7,12-14H,8-11H2,1-2H3,(H,21,22). The summed E-state index contributed by atoms with van der Waals surface area (Å²) in [5.74, 6) is -0.526. The van der Waals surface area contributed by atoms with Crippen molar-refractivity contribution in [2.45, 2.75) is 33.1 Å². The van der Waals surface area contributed by atoms with Crippen LogP contribution in [0.15, 0.2) is 48.5 Å². The van der Waals surface area contributed by atoms with Crippen molar-refractivity contribution in [2.24, 2.45) is 0 Å². The SMILES string of the molecule is Cc1cc(C)cc(NC(=O)CCC(=O)OCCc2ccccc2)c1. The topological polar surface area (TPSA) is 55.4 Å². The van der Waals surface area contributed by atoms with Crippen LogP contribution in [-0.2, 0) is 20.7 Å². The zero-order valence-electron chi connectivity index (χ0n) is 14.2. The molecule has 4 heteroatoms. The average molecular weight is 325 g/mol. The summed E-state index contributed by atoms with van der Waals surface area (Å²) in [6.45, 7) is 4.29. The summed E-state index contributed by atoms with van der Waals surface area (Å²) in [5.41, 5.74) is 4.06. The van der Waals surface area contributed by atoms with Crippen LogP contribution in [0.25, 0.3) is 0 Å². The van der Waals surface area contributed by atoms with E-state index < -0.39 is 0 Å².